The second-order valence-corrected chi connectivity index (χ2v) is 6.14. The lowest BCUT2D eigenvalue weighted by Crippen LogP contribution is -2.52. The molecule has 0 saturated carbocycles. The number of aliphatic hydroxyl groups excluding tert-OH is 1. The van der Waals surface area contributed by atoms with Crippen molar-refractivity contribution >= 4 is 10.0 Å². The summed E-state index contributed by atoms with van der Waals surface area (Å²) in [7, 11) is -3.61. The summed E-state index contributed by atoms with van der Waals surface area (Å²) in [4.78, 5) is 0. The summed E-state index contributed by atoms with van der Waals surface area (Å²) in [5.41, 5.74) is 0. The van der Waals surface area contributed by atoms with Gasteiger partial charge in [-0.25, -0.2) is 8.42 Å². The van der Waals surface area contributed by atoms with E-state index < -0.39 is 21.4 Å². The molecule has 6 nitrogen and oxygen atoms in total. The Kier molecular flexibility index (Phi) is 4.27. The minimum Gasteiger partial charge on any atom is -0.394 e. The van der Waals surface area contributed by atoms with Crippen molar-refractivity contribution < 1.29 is 18.3 Å². The highest BCUT2D eigenvalue weighted by Gasteiger charge is 2.35. The summed E-state index contributed by atoms with van der Waals surface area (Å²) in [5, 5.41) is 16.6. The molecule has 0 radical (unpaired) electrons. The molecule has 1 heterocycles. The van der Waals surface area contributed by atoms with Gasteiger partial charge in [-0.3, -0.25) is 0 Å². The monoisotopic (exact) mass is 248 g/mol. The predicted octanol–water partition coefficient (Wildman–Crippen LogP) is -0.690. The summed E-state index contributed by atoms with van der Waals surface area (Å²) < 4.78 is 30.3. The summed E-state index contributed by atoms with van der Waals surface area (Å²) in [5.74, 6) is 0. The first-order valence-corrected chi connectivity index (χ1v) is 6.57. The first-order valence-electron chi connectivity index (χ1n) is 5.06. The highest BCUT2D eigenvalue weighted by Crippen LogP contribution is 2.17. The molecule has 0 amide bonds. The third-order valence-electron chi connectivity index (χ3n) is 2.48. The zero-order valence-corrected chi connectivity index (χ0v) is 10.1. The van der Waals surface area contributed by atoms with Gasteiger partial charge >= 0.3 is 0 Å². The molecular formula is C9H16N2O4S. The zero-order chi connectivity index (χ0) is 12.3. The van der Waals surface area contributed by atoms with Gasteiger partial charge in [0.05, 0.1) is 24.9 Å². The molecule has 0 spiro atoms. The van der Waals surface area contributed by atoms with Gasteiger partial charge in [0.25, 0.3) is 0 Å². The number of hydrogen-bond acceptors (Lipinski definition) is 5. The molecule has 1 aliphatic heterocycles. The van der Waals surface area contributed by atoms with E-state index in [-0.39, 0.29) is 25.8 Å². The minimum absolute atomic E-state index is 0.106. The molecule has 1 N–H and O–H groups in total. The molecule has 16 heavy (non-hydrogen) atoms. The standard InChI is InChI=1S/C9H16N2O4S/c1-7-4-11(5-9(6-12)15-7)16(13,14)8(2)3-10/h7-9,12H,4-6H2,1-2H3. The molecule has 1 saturated heterocycles. The lowest BCUT2D eigenvalue weighted by molar-refractivity contribution is -0.0751. The molecular weight excluding hydrogens is 232 g/mol. The molecule has 0 bridgehead atoms. The van der Waals surface area contributed by atoms with Crippen LogP contribution in [0.1, 0.15) is 13.8 Å². The van der Waals surface area contributed by atoms with E-state index in [0.717, 1.165) is 0 Å². The summed E-state index contributed by atoms with van der Waals surface area (Å²) in [6.07, 6.45) is -0.781. The van der Waals surface area contributed by atoms with Crippen LogP contribution in [0.5, 0.6) is 0 Å². The van der Waals surface area contributed by atoms with Gasteiger partial charge in [0.15, 0.2) is 5.25 Å². The summed E-state index contributed by atoms with van der Waals surface area (Å²) in [6.45, 7) is 3.20. The van der Waals surface area contributed by atoms with Crippen molar-refractivity contribution in [1.82, 2.24) is 4.31 Å². The van der Waals surface area contributed by atoms with Crippen molar-refractivity contribution in [3.63, 3.8) is 0 Å². The Bertz CT molecular complexity index is 375. The maximum absolute atomic E-state index is 11.9. The quantitative estimate of drug-likeness (QED) is 0.714. The number of hydrogen-bond donors (Lipinski definition) is 1. The average molecular weight is 248 g/mol. The molecule has 1 rings (SSSR count). The molecule has 1 aliphatic rings. The Hall–Kier alpha value is -0.680. The fourth-order valence-electron chi connectivity index (χ4n) is 1.60. The lowest BCUT2D eigenvalue weighted by atomic mass is 10.2. The minimum atomic E-state index is -3.61. The second-order valence-electron chi connectivity index (χ2n) is 3.88. The third kappa shape index (κ3) is 2.71. The molecule has 92 valence electrons. The second kappa shape index (κ2) is 5.10. The highest BCUT2D eigenvalue weighted by atomic mass is 32.2. The molecule has 0 aromatic heterocycles. The Morgan fingerprint density at radius 2 is 2.25 bits per heavy atom. The fourth-order valence-corrected chi connectivity index (χ4v) is 2.97. The average Bonchev–Trinajstić information content (AvgIpc) is 2.26. The van der Waals surface area contributed by atoms with Crippen molar-refractivity contribution in [2.75, 3.05) is 19.7 Å². The smallest absolute Gasteiger partial charge is 0.230 e. The van der Waals surface area contributed by atoms with Crippen molar-refractivity contribution in [2.24, 2.45) is 0 Å². The van der Waals surface area contributed by atoms with Crippen LogP contribution in [0.4, 0.5) is 0 Å². The molecule has 7 heteroatoms. The van der Waals surface area contributed by atoms with Crippen LogP contribution in [-0.2, 0) is 14.8 Å². The Morgan fingerprint density at radius 1 is 1.62 bits per heavy atom. The van der Waals surface area contributed by atoms with E-state index >= 15 is 0 Å². The first kappa shape index (κ1) is 13.4. The van der Waals surface area contributed by atoms with Crippen LogP contribution in [0.3, 0.4) is 0 Å². The number of aliphatic hydroxyl groups is 1. The van der Waals surface area contributed by atoms with E-state index in [2.05, 4.69) is 0 Å². The van der Waals surface area contributed by atoms with E-state index in [1.54, 1.807) is 13.0 Å². The summed E-state index contributed by atoms with van der Waals surface area (Å²) >= 11 is 0. The van der Waals surface area contributed by atoms with Gasteiger partial charge in [0, 0.05) is 13.1 Å². The van der Waals surface area contributed by atoms with Gasteiger partial charge in [-0.1, -0.05) is 0 Å². The Labute approximate surface area is 95.5 Å². The molecule has 1 fully saturated rings. The van der Waals surface area contributed by atoms with E-state index in [4.69, 9.17) is 15.1 Å². The molecule has 0 aliphatic carbocycles. The number of nitriles is 1. The van der Waals surface area contributed by atoms with Crippen LogP contribution in [0, 0.1) is 11.3 Å². The van der Waals surface area contributed by atoms with Crippen molar-refractivity contribution in [3.05, 3.63) is 0 Å². The van der Waals surface area contributed by atoms with Crippen molar-refractivity contribution in [3.8, 4) is 6.07 Å². The number of rotatable bonds is 3. The van der Waals surface area contributed by atoms with E-state index in [1.165, 1.54) is 11.2 Å². The normalized spacial score (nSPS) is 29.6. The van der Waals surface area contributed by atoms with Gasteiger partial charge in [-0.2, -0.15) is 9.57 Å². The fraction of sp³-hybridized carbons (Fsp3) is 0.889. The van der Waals surface area contributed by atoms with Crippen molar-refractivity contribution in [1.29, 1.82) is 5.26 Å². The van der Waals surface area contributed by atoms with Gasteiger partial charge in [-0.15, -0.1) is 0 Å². The van der Waals surface area contributed by atoms with Crippen LogP contribution in [0.25, 0.3) is 0 Å². The number of morpholine rings is 1. The SMILES string of the molecule is CC1CN(S(=O)(=O)C(C)C#N)CC(CO)O1. The van der Waals surface area contributed by atoms with Crippen LogP contribution < -0.4 is 0 Å². The topological polar surface area (TPSA) is 90.6 Å². The summed E-state index contributed by atoms with van der Waals surface area (Å²) in [6, 6.07) is 1.72. The Balaban J connectivity index is 2.84. The van der Waals surface area contributed by atoms with Crippen LogP contribution >= 0.6 is 0 Å². The number of nitrogens with zero attached hydrogens (tertiary/aromatic N) is 2. The number of ether oxygens (including phenoxy) is 1. The van der Waals surface area contributed by atoms with Gasteiger partial charge in [-0.05, 0) is 13.8 Å². The number of sulfonamides is 1. The molecule has 0 aromatic carbocycles. The van der Waals surface area contributed by atoms with Crippen molar-refractivity contribution in [2.45, 2.75) is 31.3 Å². The first-order chi connectivity index (χ1) is 7.41. The van der Waals surface area contributed by atoms with E-state index in [9.17, 15) is 8.42 Å². The lowest BCUT2D eigenvalue weighted by Gasteiger charge is -2.35. The molecule has 3 unspecified atom stereocenters. The predicted molar refractivity (Wildman–Crippen MR) is 57.0 cm³/mol. The molecule has 0 aromatic rings. The van der Waals surface area contributed by atoms with Gasteiger partial charge in [0.2, 0.25) is 10.0 Å². The third-order valence-corrected chi connectivity index (χ3v) is 4.50. The largest absolute Gasteiger partial charge is 0.394 e. The van der Waals surface area contributed by atoms with E-state index in [1.807, 2.05) is 0 Å². The van der Waals surface area contributed by atoms with Gasteiger partial charge in [0.1, 0.15) is 0 Å². The highest BCUT2D eigenvalue weighted by molar-refractivity contribution is 7.89. The van der Waals surface area contributed by atoms with Gasteiger partial charge < -0.3 is 9.84 Å². The zero-order valence-electron chi connectivity index (χ0n) is 9.33. The van der Waals surface area contributed by atoms with E-state index in [0.29, 0.717) is 0 Å². The maximum Gasteiger partial charge on any atom is 0.230 e. The molecule has 3 atom stereocenters. The van der Waals surface area contributed by atoms with Crippen LogP contribution in [0.2, 0.25) is 0 Å². The Morgan fingerprint density at radius 3 is 2.75 bits per heavy atom. The van der Waals surface area contributed by atoms with Crippen LogP contribution in [0.15, 0.2) is 0 Å². The maximum atomic E-state index is 11.9. The van der Waals surface area contributed by atoms with Crippen LogP contribution in [-0.4, -0.2) is 55.0 Å².